The van der Waals surface area contributed by atoms with Crippen molar-refractivity contribution >= 4 is 23.4 Å². The molecule has 0 heterocycles. The largest absolute Gasteiger partial charge is 0.427 e. The third-order valence-electron chi connectivity index (χ3n) is 2.26. The number of nitrogens with zero attached hydrogens (tertiary/aromatic N) is 1. The second-order valence-electron chi connectivity index (χ2n) is 4.48. The number of rotatable bonds is 4. The molecule has 5 heteroatoms. The van der Waals surface area contributed by atoms with Crippen molar-refractivity contribution in [3.05, 3.63) is 40.9 Å². The summed E-state index contributed by atoms with van der Waals surface area (Å²) in [6, 6.07) is 8.20. The average molecular weight is 290 g/mol. The lowest BCUT2D eigenvalue weighted by atomic mass is 10.1. The van der Waals surface area contributed by atoms with Gasteiger partial charge in [-0.2, -0.15) is 13.2 Å². The predicted octanol–water partition coefficient (Wildman–Crippen LogP) is 4.93. The molecule has 0 saturated carbocycles. The predicted molar refractivity (Wildman–Crippen MR) is 73.5 cm³/mol. The molecule has 0 aliphatic carbocycles. The van der Waals surface area contributed by atoms with Crippen molar-refractivity contribution in [3.8, 4) is 0 Å². The van der Waals surface area contributed by atoms with Gasteiger partial charge in [-0.3, -0.25) is 4.99 Å². The molecule has 0 saturated heterocycles. The van der Waals surface area contributed by atoms with Crippen molar-refractivity contribution in [3.63, 3.8) is 0 Å². The minimum atomic E-state index is -4.57. The highest BCUT2D eigenvalue weighted by Crippen LogP contribution is 2.34. The Kier molecular flexibility index (Phi) is 5.60. The number of alkyl halides is 3. The first-order valence-electron chi connectivity index (χ1n) is 5.84. The first-order chi connectivity index (χ1) is 8.82. The molecule has 0 aliphatic rings. The van der Waals surface area contributed by atoms with Gasteiger partial charge < -0.3 is 0 Å². The van der Waals surface area contributed by atoms with Gasteiger partial charge in [-0.25, -0.2) is 0 Å². The Labute approximate surface area is 115 Å². The molecule has 0 fully saturated rings. The van der Waals surface area contributed by atoms with E-state index in [-0.39, 0.29) is 11.5 Å². The Bertz CT molecular complexity index is 461. The molecule has 0 bridgehead atoms. The van der Waals surface area contributed by atoms with Crippen LogP contribution in [0, 0.1) is 5.92 Å². The number of hydrogen-bond acceptors (Lipinski definition) is 1. The van der Waals surface area contributed by atoms with Gasteiger partial charge in [-0.05, 0) is 11.5 Å². The zero-order valence-electron chi connectivity index (χ0n) is 10.7. The topological polar surface area (TPSA) is 12.4 Å². The molecule has 0 atom stereocenters. The lowest BCUT2D eigenvalue weighted by molar-refractivity contribution is -0.0838. The van der Waals surface area contributed by atoms with Crippen LogP contribution in [0.4, 0.5) is 13.2 Å². The molecule has 0 aliphatic heterocycles. The van der Waals surface area contributed by atoms with Gasteiger partial charge in [-0.15, -0.1) is 0 Å². The molecule has 0 aromatic heterocycles. The van der Waals surface area contributed by atoms with Crippen LogP contribution in [-0.2, 0) is 0 Å². The Morgan fingerprint density at radius 1 is 1.26 bits per heavy atom. The molecule has 104 valence electrons. The van der Waals surface area contributed by atoms with Crippen LogP contribution in [0.15, 0.2) is 40.4 Å². The van der Waals surface area contributed by atoms with E-state index in [2.05, 4.69) is 4.99 Å². The van der Waals surface area contributed by atoms with Gasteiger partial charge in [0, 0.05) is 18.3 Å². The fourth-order valence-electron chi connectivity index (χ4n) is 1.38. The smallest absolute Gasteiger partial charge is 0.292 e. The maximum absolute atomic E-state index is 12.7. The first kappa shape index (κ1) is 15.8. The van der Waals surface area contributed by atoms with E-state index in [1.54, 1.807) is 30.3 Å². The fourth-order valence-corrected chi connectivity index (χ4v) is 1.54. The van der Waals surface area contributed by atoms with Gasteiger partial charge in [0.25, 0.3) is 0 Å². The highest BCUT2D eigenvalue weighted by atomic mass is 35.5. The summed E-state index contributed by atoms with van der Waals surface area (Å²) < 4.78 is 38.2. The van der Waals surface area contributed by atoms with Crippen molar-refractivity contribution in [2.45, 2.75) is 20.0 Å². The highest BCUT2D eigenvalue weighted by Gasteiger charge is 2.35. The normalized spacial score (nSPS) is 14.1. The minimum Gasteiger partial charge on any atom is -0.292 e. The molecule has 1 nitrogen and oxygen atoms in total. The van der Waals surface area contributed by atoms with Crippen molar-refractivity contribution in [1.29, 1.82) is 0 Å². The summed E-state index contributed by atoms with van der Waals surface area (Å²) in [5, 5.41) is -1.15. The summed E-state index contributed by atoms with van der Waals surface area (Å²) >= 11 is 5.44. The van der Waals surface area contributed by atoms with E-state index in [9.17, 15) is 13.2 Å². The number of aliphatic imine (C=N–C) groups is 1. The molecule has 1 aromatic carbocycles. The summed E-state index contributed by atoms with van der Waals surface area (Å²) in [6.45, 7) is 4.33. The molecule has 1 aromatic rings. The molecule has 0 radical (unpaired) electrons. The maximum atomic E-state index is 12.7. The van der Waals surface area contributed by atoms with Gasteiger partial charge in [0.05, 0.1) is 0 Å². The molecule has 0 unspecified atom stereocenters. The van der Waals surface area contributed by atoms with Crippen LogP contribution in [0.1, 0.15) is 19.4 Å². The molecule has 19 heavy (non-hydrogen) atoms. The van der Waals surface area contributed by atoms with Crippen molar-refractivity contribution in [1.82, 2.24) is 0 Å². The Balaban J connectivity index is 3.17. The van der Waals surface area contributed by atoms with Crippen molar-refractivity contribution in [2.24, 2.45) is 10.9 Å². The summed E-state index contributed by atoms with van der Waals surface area (Å²) in [7, 11) is 0. The standard InChI is InChI=1S/C14H15ClF3N/c1-10(2)8-19-9-12(13(15)14(16,17)18)11-6-4-3-5-7-11/h3-7,9-10H,8H2,1-2H3/b13-12+,19-9?. The molecule has 0 N–H and O–H groups in total. The summed E-state index contributed by atoms with van der Waals surface area (Å²) in [5.41, 5.74) is 0.299. The van der Waals surface area contributed by atoms with Crippen LogP contribution >= 0.6 is 11.6 Å². The first-order valence-corrected chi connectivity index (χ1v) is 6.22. The van der Waals surface area contributed by atoms with Gasteiger partial charge in [0.15, 0.2) is 0 Å². The summed E-state index contributed by atoms with van der Waals surface area (Å²) in [5.74, 6) is 0.276. The molecular formula is C14H15ClF3N. The van der Waals surface area contributed by atoms with Crippen LogP contribution in [0.5, 0.6) is 0 Å². The molecule has 0 spiro atoms. The monoisotopic (exact) mass is 289 g/mol. The lowest BCUT2D eigenvalue weighted by Gasteiger charge is -2.10. The van der Waals surface area contributed by atoms with E-state index in [1.165, 1.54) is 6.21 Å². The number of benzene rings is 1. The minimum absolute atomic E-state index is 0.101. The Morgan fingerprint density at radius 3 is 2.32 bits per heavy atom. The molecule has 0 amide bonds. The van der Waals surface area contributed by atoms with Gasteiger partial charge >= 0.3 is 6.18 Å². The van der Waals surface area contributed by atoms with E-state index < -0.39 is 11.2 Å². The lowest BCUT2D eigenvalue weighted by Crippen LogP contribution is -2.10. The van der Waals surface area contributed by atoms with E-state index in [0.29, 0.717) is 12.1 Å². The second-order valence-corrected chi connectivity index (χ2v) is 4.86. The SMILES string of the molecule is CC(C)CN=C/C(=C(\Cl)C(F)(F)F)c1ccccc1. The van der Waals surface area contributed by atoms with Crippen LogP contribution in [0.2, 0.25) is 0 Å². The molecule has 1 rings (SSSR count). The van der Waals surface area contributed by atoms with Crippen molar-refractivity contribution in [2.75, 3.05) is 6.54 Å². The number of hydrogen-bond donors (Lipinski definition) is 0. The Morgan fingerprint density at radius 2 is 1.84 bits per heavy atom. The Hall–Kier alpha value is -1.29. The summed E-state index contributed by atoms with van der Waals surface area (Å²) in [6.07, 6.45) is -3.37. The van der Waals surface area contributed by atoms with Crippen molar-refractivity contribution < 1.29 is 13.2 Å². The summed E-state index contributed by atoms with van der Waals surface area (Å²) in [4.78, 5) is 4.01. The molecular weight excluding hydrogens is 275 g/mol. The zero-order valence-corrected chi connectivity index (χ0v) is 11.5. The third-order valence-corrected chi connectivity index (χ3v) is 2.68. The van der Waals surface area contributed by atoms with E-state index in [0.717, 1.165) is 0 Å². The van der Waals surface area contributed by atoms with E-state index >= 15 is 0 Å². The number of halogens is 4. The van der Waals surface area contributed by atoms with Crippen LogP contribution in [0.25, 0.3) is 5.57 Å². The van der Waals surface area contributed by atoms with E-state index in [1.807, 2.05) is 13.8 Å². The zero-order chi connectivity index (χ0) is 14.5. The van der Waals surface area contributed by atoms with Gasteiger partial charge in [0.1, 0.15) is 5.03 Å². The van der Waals surface area contributed by atoms with E-state index in [4.69, 9.17) is 11.6 Å². The quantitative estimate of drug-likeness (QED) is 0.697. The third kappa shape index (κ3) is 5.07. The van der Waals surface area contributed by atoms with Gasteiger partial charge in [-0.1, -0.05) is 55.8 Å². The van der Waals surface area contributed by atoms with Crippen LogP contribution in [-0.4, -0.2) is 18.9 Å². The van der Waals surface area contributed by atoms with Crippen LogP contribution < -0.4 is 0 Å². The van der Waals surface area contributed by atoms with Gasteiger partial charge in [0.2, 0.25) is 0 Å². The second kappa shape index (κ2) is 6.75. The highest BCUT2D eigenvalue weighted by molar-refractivity contribution is 6.37. The average Bonchev–Trinajstić information content (AvgIpc) is 2.33. The fraction of sp³-hybridized carbons (Fsp3) is 0.357. The van der Waals surface area contributed by atoms with Crippen LogP contribution in [0.3, 0.4) is 0 Å². The number of allylic oxidation sites excluding steroid dienone is 2. The maximum Gasteiger partial charge on any atom is 0.427 e.